The lowest BCUT2D eigenvalue weighted by molar-refractivity contribution is -0.136. The standard InChI is InChI=1S/C24H34N4O2/c29-22(27-20-16-8-14-9-17(20)12-24(30,10-14)11-16)19-13-25-23(26-18-6-1-2-7-18)28-21(19)15-4-3-5-15/h13-18,20,30H,1-12H2,(H,27,29)(H,25,26,28)/t14?,16?,17?,20-,24+. The van der Waals surface area contributed by atoms with E-state index in [1.165, 1.54) is 32.1 Å². The molecule has 0 aliphatic heterocycles. The summed E-state index contributed by atoms with van der Waals surface area (Å²) in [4.78, 5) is 22.8. The number of carbonyl (C=O) groups is 1. The minimum Gasteiger partial charge on any atom is -0.390 e. The molecular formula is C24H34N4O2. The molecule has 0 radical (unpaired) electrons. The third-order valence-corrected chi connectivity index (χ3v) is 8.78. The number of anilines is 1. The van der Waals surface area contributed by atoms with Crippen LogP contribution in [0.2, 0.25) is 0 Å². The summed E-state index contributed by atoms with van der Waals surface area (Å²) in [7, 11) is 0. The van der Waals surface area contributed by atoms with Gasteiger partial charge in [0.1, 0.15) is 0 Å². The van der Waals surface area contributed by atoms with E-state index in [1.807, 2.05) is 0 Å². The second-order valence-electron chi connectivity index (χ2n) is 10.9. The van der Waals surface area contributed by atoms with Gasteiger partial charge in [-0.15, -0.1) is 0 Å². The van der Waals surface area contributed by atoms with Gasteiger partial charge in [-0.3, -0.25) is 4.79 Å². The fourth-order valence-corrected chi connectivity index (χ4v) is 7.33. The number of nitrogens with zero attached hydrogens (tertiary/aromatic N) is 2. The summed E-state index contributed by atoms with van der Waals surface area (Å²) in [5.41, 5.74) is 1.15. The average Bonchev–Trinajstić information content (AvgIpc) is 3.15. The zero-order valence-corrected chi connectivity index (χ0v) is 17.8. The molecule has 1 aromatic rings. The number of nitrogens with one attached hydrogen (secondary N) is 2. The normalized spacial score (nSPS) is 37.9. The minimum absolute atomic E-state index is 0.00576. The topological polar surface area (TPSA) is 87.1 Å². The molecule has 6 nitrogen and oxygen atoms in total. The molecule has 6 heteroatoms. The molecule has 0 aromatic carbocycles. The summed E-state index contributed by atoms with van der Waals surface area (Å²) >= 11 is 0. The van der Waals surface area contributed by atoms with E-state index in [2.05, 4.69) is 15.6 Å². The Morgan fingerprint density at radius 2 is 1.77 bits per heavy atom. The van der Waals surface area contributed by atoms with Gasteiger partial charge in [0.25, 0.3) is 5.91 Å². The first-order valence-corrected chi connectivity index (χ1v) is 12.2. The Labute approximate surface area is 178 Å². The van der Waals surface area contributed by atoms with Gasteiger partial charge in [0.05, 0.1) is 16.9 Å². The minimum atomic E-state index is -0.467. The lowest BCUT2D eigenvalue weighted by Crippen LogP contribution is -2.61. The summed E-state index contributed by atoms with van der Waals surface area (Å²) in [5, 5.41) is 17.7. The van der Waals surface area contributed by atoms with Crippen LogP contribution < -0.4 is 10.6 Å². The van der Waals surface area contributed by atoms with E-state index in [1.54, 1.807) is 6.20 Å². The number of rotatable bonds is 5. The molecule has 1 heterocycles. The Bertz CT molecular complexity index is 816. The van der Waals surface area contributed by atoms with Crippen LogP contribution >= 0.6 is 0 Å². The van der Waals surface area contributed by atoms with Crippen LogP contribution in [-0.2, 0) is 0 Å². The van der Waals surface area contributed by atoms with Crippen LogP contribution in [0.4, 0.5) is 5.95 Å². The molecule has 4 bridgehead atoms. The van der Waals surface area contributed by atoms with Gasteiger partial charge in [-0.05, 0) is 75.5 Å². The second-order valence-corrected chi connectivity index (χ2v) is 10.9. The zero-order valence-electron chi connectivity index (χ0n) is 17.8. The van der Waals surface area contributed by atoms with E-state index in [0.717, 1.165) is 50.6 Å². The lowest BCUT2D eigenvalue weighted by Gasteiger charge is -2.58. The molecule has 7 rings (SSSR count). The van der Waals surface area contributed by atoms with Crippen molar-refractivity contribution in [3.63, 3.8) is 0 Å². The average molecular weight is 411 g/mol. The zero-order chi connectivity index (χ0) is 20.3. The van der Waals surface area contributed by atoms with Crippen molar-refractivity contribution in [2.45, 2.75) is 101 Å². The van der Waals surface area contributed by atoms with Crippen molar-refractivity contribution in [3.8, 4) is 0 Å². The van der Waals surface area contributed by atoms with E-state index in [0.29, 0.717) is 41.2 Å². The molecule has 1 aromatic heterocycles. The predicted molar refractivity (Wildman–Crippen MR) is 114 cm³/mol. The van der Waals surface area contributed by atoms with E-state index in [9.17, 15) is 9.90 Å². The quantitative estimate of drug-likeness (QED) is 0.688. The van der Waals surface area contributed by atoms with Crippen molar-refractivity contribution in [1.82, 2.24) is 15.3 Å². The van der Waals surface area contributed by atoms with E-state index >= 15 is 0 Å². The van der Waals surface area contributed by atoms with Gasteiger partial charge in [0.2, 0.25) is 5.95 Å². The molecule has 3 N–H and O–H groups in total. The Kier molecular flexibility index (Phi) is 4.55. The fourth-order valence-electron chi connectivity index (χ4n) is 7.33. The van der Waals surface area contributed by atoms with Gasteiger partial charge in [-0.25, -0.2) is 9.97 Å². The Morgan fingerprint density at radius 1 is 1.03 bits per heavy atom. The third kappa shape index (κ3) is 3.31. The van der Waals surface area contributed by atoms with Crippen molar-refractivity contribution in [1.29, 1.82) is 0 Å². The van der Waals surface area contributed by atoms with Crippen molar-refractivity contribution >= 4 is 11.9 Å². The number of hydrogen-bond acceptors (Lipinski definition) is 5. The van der Waals surface area contributed by atoms with E-state index in [4.69, 9.17) is 4.98 Å². The van der Waals surface area contributed by atoms with Crippen LogP contribution in [0.5, 0.6) is 0 Å². The van der Waals surface area contributed by atoms with Crippen LogP contribution in [-0.4, -0.2) is 38.7 Å². The van der Waals surface area contributed by atoms with Gasteiger partial charge < -0.3 is 15.7 Å². The highest BCUT2D eigenvalue weighted by Gasteiger charge is 2.55. The molecule has 6 aliphatic rings. The number of amides is 1. The largest absolute Gasteiger partial charge is 0.390 e. The highest BCUT2D eigenvalue weighted by molar-refractivity contribution is 5.95. The van der Waals surface area contributed by atoms with Gasteiger partial charge in [0, 0.05) is 24.2 Å². The van der Waals surface area contributed by atoms with Crippen molar-refractivity contribution in [3.05, 3.63) is 17.5 Å². The number of carbonyl (C=O) groups excluding carboxylic acids is 1. The molecule has 162 valence electrons. The summed E-state index contributed by atoms with van der Waals surface area (Å²) < 4.78 is 0. The maximum atomic E-state index is 13.4. The van der Waals surface area contributed by atoms with E-state index in [-0.39, 0.29) is 11.9 Å². The summed E-state index contributed by atoms with van der Waals surface area (Å²) in [6, 6.07) is 0.664. The third-order valence-electron chi connectivity index (χ3n) is 8.78. The molecule has 2 unspecified atom stereocenters. The Balaban J connectivity index is 1.21. The number of aliphatic hydroxyl groups is 1. The number of aromatic nitrogens is 2. The SMILES string of the molecule is O=C(N[C@H]1C2CC3CC1C[C@@](O)(C3)C2)c1cnc(NC2CCCC2)nc1C1CCC1. The van der Waals surface area contributed by atoms with Crippen LogP contribution in [0.3, 0.4) is 0 Å². The first-order valence-electron chi connectivity index (χ1n) is 12.2. The van der Waals surface area contributed by atoms with Crippen molar-refractivity contribution in [2.75, 3.05) is 5.32 Å². The fraction of sp³-hybridized carbons (Fsp3) is 0.792. The summed E-state index contributed by atoms with van der Waals surface area (Å²) in [6.07, 6.45) is 15.1. The van der Waals surface area contributed by atoms with Crippen LogP contribution in [0, 0.1) is 17.8 Å². The van der Waals surface area contributed by atoms with Gasteiger partial charge in [0.15, 0.2) is 0 Å². The molecule has 30 heavy (non-hydrogen) atoms. The molecule has 6 fully saturated rings. The second kappa shape index (κ2) is 7.18. The van der Waals surface area contributed by atoms with Crippen LogP contribution in [0.25, 0.3) is 0 Å². The molecular weight excluding hydrogens is 376 g/mol. The monoisotopic (exact) mass is 410 g/mol. The van der Waals surface area contributed by atoms with Crippen LogP contribution in [0.1, 0.15) is 99.0 Å². The highest BCUT2D eigenvalue weighted by atomic mass is 16.3. The van der Waals surface area contributed by atoms with Crippen molar-refractivity contribution < 1.29 is 9.90 Å². The molecule has 6 aliphatic carbocycles. The summed E-state index contributed by atoms with van der Waals surface area (Å²) in [6.45, 7) is 0. The molecule has 2 atom stereocenters. The molecule has 0 spiro atoms. The Hall–Kier alpha value is -1.69. The smallest absolute Gasteiger partial charge is 0.254 e. The maximum absolute atomic E-state index is 13.4. The molecule has 0 saturated heterocycles. The van der Waals surface area contributed by atoms with Crippen molar-refractivity contribution in [2.24, 2.45) is 17.8 Å². The first kappa shape index (κ1) is 19.0. The maximum Gasteiger partial charge on any atom is 0.254 e. The lowest BCUT2D eigenvalue weighted by atomic mass is 9.52. The molecule has 6 saturated carbocycles. The van der Waals surface area contributed by atoms with Gasteiger partial charge in [-0.1, -0.05) is 19.3 Å². The predicted octanol–water partition coefficient (Wildman–Crippen LogP) is 3.77. The number of hydrogen-bond donors (Lipinski definition) is 3. The Morgan fingerprint density at radius 3 is 2.40 bits per heavy atom. The highest BCUT2D eigenvalue weighted by Crippen LogP contribution is 2.55. The van der Waals surface area contributed by atoms with E-state index < -0.39 is 5.60 Å². The van der Waals surface area contributed by atoms with Gasteiger partial charge in [-0.2, -0.15) is 0 Å². The van der Waals surface area contributed by atoms with Gasteiger partial charge >= 0.3 is 0 Å². The van der Waals surface area contributed by atoms with Crippen LogP contribution in [0.15, 0.2) is 6.20 Å². The summed E-state index contributed by atoms with van der Waals surface area (Å²) in [5.74, 6) is 2.56. The first-order chi connectivity index (χ1) is 14.6. The molecule has 1 amide bonds.